The van der Waals surface area contributed by atoms with Gasteiger partial charge in [-0.25, -0.2) is 0 Å². The quantitative estimate of drug-likeness (QED) is 0.0968. The number of hydrogen-bond donors (Lipinski definition) is 0. The average Bonchev–Trinajstić information content (AvgIpc) is 3.45. The van der Waals surface area contributed by atoms with Crippen molar-refractivity contribution in [1.29, 1.82) is 0 Å². The molecular formula is C41H74O6Si. The van der Waals surface area contributed by atoms with Crippen LogP contribution in [0.2, 0.25) is 18.1 Å². The molecule has 0 aromatic heterocycles. The molecule has 4 fully saturated rings. The van der Waals surface area contributed by atoms with E-state index in [0.717, 1.165) is 44.1 Å². The molecule has 1 heterocycles. The molecule has 3 aliphatic carbocycles. The van der Waals surface area contributed by atoms with Crippen molar-refractivity contribution in [3.05, 3.63) is 23.3 Å². The Morgan fingerprint density at radius 3 is 2.40 bits per heavy atom. The lowest BCUT2D eigenvalue weighted by Crippen LogP contribution is -2.52. The minimum Gasteiger partial charge on any atom is -0.417 e. The summed E-state index contributed by atoms with van der Waals surface area (Å²) >= 11 is 0. The zero-order valence-corrected chi connectivity index (χ0v) is 34.4. The van der Waals surface area contributed by atoms with Crippen LogP contribution in [0.3, 0.4) is 0 Å². The summed E-state index contributed by atoms with van der Waals surface area (Å²) in [5, 5.41) is 0.220. The van der Waals surface area contributed by atoms with E-state index in [2.05, 4.69) is 80.6 Å². The van der Waals surface area contributed by atoms with Gasteiger partial charge in [0.05, 0.1) is 17.8 Å². The second-order valence-corrected chi connectivity index (χ2v) is 23.7. The second kappa shape index (κ2) is 15.6. The highest BCUT2D eigenvalue weighted by molar-refractivity contribution is 6.74. The van der Waals surface area contributed by atoms with Crippen LogP contribution in [0.15, 0.2) is 23.3 Å². The van der Waals surface area contributed by atoms with E-state index in [1.54, 1.807) is 12.7 Å². The number of hydrogen-bond acceptors (Lipinski definition) is 6. The van der Waals surface area contributed by atoms with Crippen LogP contribution in [0.5, 0.6) is 0 Å². The van der Waals surface area contributed by atoms with Crippen LogP contribution in [-0.2, 0) is 28.1 Å². The molecule has 1 aliphatic heterocycles. The smallest absolute Gasteiger partial charge is 0.191 e. The molecule has 0 unspecified atom stereocenters. The van der Waals surface area contributed by atoms with Crippen LogP contribution in [0.1, 0.15) is 140 Å². The van der Waals surface area contributed by atoms with Crippen molar-refractivity contribution < 1.29 is 28.1 Å². The number of methoxy groups -OCH3 is 1. The first-order chi connectivity index (χ1) is 22.2. The van der Waals surface area contributed by atoms with Crippen molar-refractivity contribution in [3.8, 4) is 0 Å². The average molecular weight is 691 g/mol. The normalized spacial score (nSPS) is 34.9. The van der Waals surface area contributed by atoms with Crippen molar-refractivity contribution in [2.75, 3.05) is 27.1 Å². The van der Waals surface area contributed by atoms with Crippen LogP contribution in [-0.4, -0.2) is 64.6 Å². The van der Waals surface area contributed by atoms with E-state index in [0.29, 0.717) is 24.7 Å². The Balaban J connectivity index is 1.40. The Hall–Kier alpha value is -0.543. The molecule has 4 rings (SSSR count). The predicted molar refractivity (Wildman–Crippen MR) is 200 cm³/mol. The van der Waals surface area contributed by atoms with Crippen LogP contribution >= 0.6 is 0 Å². The third-order valence-electron chi connectivity index (χ3n) is 13.2. The second-order valence-electron chi connectivity index (χ2n) is 18.9. The van der Waals surface area contributed by atoms with Gasteiger partial charge in [0.1, 0.15) is 12.4 Å². The molecule has 6 nitrogen and oxygen atoms in total. The fraction of sp³-hybridized carbons (Fsp3) is 0.902. The summed E-state index contributed by atoms with van der Waals surface area (Å²) in [4.78, 5) is 0. The predicted octanol–water partition coefficient (Wildman–Crippen LogP) is 10.8. The summed E-state index contributed by atoms with van der Waals surface area (Å²) < 4.78 is 37.3. The van der Waals surface area contributed by atoms with Crippen molar-refractivity contribution in [1.82, 2.24) is 0 Å². The standard InChI is InChI=1S/C41H74O6Si/c1-30(17-14-23-38(5,6)44-29-42-11)33-21-22-34-32(18-15-24-40(33,34)9)20-19-31-27-35(41(10)36(28-31)46-39(7,8)47-41)43-25-16-26-45-48(12,13)37(2,3)4/h19-20,30,33-36H,14-18,21-29H2,1-13H3/b31-19+,32-20+/t30-,33-,34+,35-,36-,40-,41+/m1/s1. The lowest BCUT2D eigenvalue weighted by molar-refractivity contribution is -0.187. The molecule has 4 aliphatic rings. The first-order valence-corrected chi connectivity index (χ1v) is 22.3. The lowest BCUT2D eigenvalue weighted by atomic mass is 9.60. The SMILES string of the molecule is COCOC(C)(C)CCC[C@@H](C)[C@H]1CC[C@H]2/C(=C/C=C3\C[C@@H](OCCCO[Si](C)(C)C(C)(C)C)[C@]4(C)OC(C)(C)O[C@@H]4C3)CCC[C@]12C. The third-order valence-corrected chi connectivity index (χ3v) is 17.7. The van der Waals surface area contributed by atoms with E-state index in [1.165, 1.54) is 50.5 Å². The molecule has 7 atom stereocenters. The van der Waals surface area contributed by atoms with Gasteiger partial charge in [0, 0.05) is 20.3 Å². The van der Waals surface area contributed by atoms with Gasteiger partial charge in [0.2, 0.25) is 0 Å². The summed E-state index contributed by atoms with van der Waals surface area (Å²) in [6.45, 7) is 29.1. The van der Waals surface area contributed by atoms with E-state index >= 15 is 0 Å². The molecule has 0 aromatic carbocycles. The molecule has 278 valence electrons. The maximum atomic E-state index is 6.67. The Morgan fingerprint density at radius 1 is 0.979 bits per heavy atom. The number of fused-ring (bicyclic) bond motifs is 2. The van der Waals surface area contributed by atoms with E-state index in [9.17, 15) is 0 Å². The van der Waals surface area contributed by atoms with Crippen molar-refractivity contribution >= 4 is 8.32 Å². The molecule has 0 aromatic rings. The summed E-state index contributed by atoms with van der Waals surface area (Å²) in [5.74, 6) is 1.62. The van der Waals surface area contributed by atoms with Gasteiger partial charge in [-0.2, -0.15) is 0 Å². The van der Waals surface area contributed by atoms with Crippen molar-refractivity contribution in [2.24, 2.45) is 23.2 Å². The van der Waals surface area contributed by atoms with E-state index < -0.39 is 19.7 Å². The van der Waals surface area contributed by atoms with Crippen LogP contribution < -0.4 is 0 Å². The number of ether oxygens (including phenoxy) is 5. The van der Waals surface area contributed by atoms with E-state index in [1.807, 2.05) is 13.8 Å². The van der Waals surface area contributed by atoms with Crippen molar-refractivity contribution in [2.45, 2.75) is 187 Å². The Kier molecular flexibility index (Phi) is 13.1. The third kappa shape index (κ3) is 9.46. The molecule has 48 heavy (non-hydrogen) atoms. The molecule has 7 heteroatoms. The van der Waals surface area contributed by atoms with Gasteiger partial charge in [0.25, 0.3) is 0 Å². The minimum atomic E-state index is -1.76. The Morgan fingerprint density at radius 2 is 1.71 bits per heavy atom. The van der Waals surface area contributed by atoms with Crippen LogP contribution in [0, 0.1) is 23.2 Å². The van der Waals surface area contributed by atoms with E-state index in [-0.39, 0.29) is 22.8 Å². The van der Waals surface area contributed by atoms with Gasteiger partial charge < -0.3 is 28.1 Å². The zero-order chi connectivity index (χ0) is 35.6. The first kappa shape index (κ1) is 40.2. The minimum absolute atomic E-state index is 0.00223. The Bertz CT molecular complexity index is 1120. The summed E-state index contributed by atoms with van der Waals surface area (Å²) in [5.41, 5.74) is 2.94. The zero-order valence-electron chi connectivity index (χ0n) is 33.4. The highest BCUT2D eigenvalue weighted by Crippen LogP contribution is 2.60. The molecule has 1 saturated heterocycles. The van der Waals surface area contributed by atoms with Crippen LogP contribution in [0.25, 0.3) is 0 Å². The highest BCUT2D eigenvalue weighted by Gasteiger charge is 2.57. The fourth-order valence-corrected chi connectivity index (χ4v) is 10.4. The molecule has 0 bridgehead atoms. The highest BCUT2D eigenvalue weighted by atomic mass is 28.4. The van der Waals surface area contributed by atoms with Gasteiger partial charge in [-0.3, -0.25) is 0 Å². The number of rotatable bonds is 15. The summed E-state index contributed by atoms with van der Waals surface area (Å²) in [6, 6.07) is 0. The monoisotopic (exact) mass is 691 g/mol. The molecule has 0 radical (unpaired) electrons. The number of allylic oxidation sites excluding steroid dienone is 3. The molecular weight excluding hydrogens is 617 g/mol. The van der Waals surface area contributed by atoms with Gasteiger partial charge in [-0.1, -0.05) is 70.8 Å². The summed E-state index contributed by atoms with van der Waals surface area (Å²) in [7, 11) is -0.0576. The van der Waals surface area contributed by atoms with Crippen LogP contribution in [0.4, 0.5) is 0 Å². The largest absolute Gasteiger partial charge is 0.417 e. The molecule has 0 amide bonds. The Labute approximate surface area is 296 Å². The molecule has 3 saturated carbocycles. The van der Waals surface area contributed by atoms with Gasteiger partial charge in [-0.15, -0.1) is 0 Å². The maximum Gasteiger partial charge on any atom is 0.191 e. The van der Waals surface area contributed by atoms with Crippen molar-refractivity contribution in [3.63, 3.8) is 0 Å². The summed E-state index contributed by atoms with van der Waals surface area (Å²) in [6.07, 6.45) is 17.8. The maximum absolute atomic E-state index is 6.67. The lowest BCUT2D eigenvalue weighted by Gasteiger charge is -2.44. The molecule has 0 N–H and O–H groups in total. The van der Waals surface area contributed by atoms with Gasteiger partial charge >= 0.3 is 0 Å². The first-order valence-electron chi connectivity index (χ1n) is 19.4. The topological polar surface area (TPSA) is 55.4 Å². The molecule has 0 spiro atoms. The van der Waals surface area contributed by atoms with E-state index in [4.69, 9.17) is 28.1 Å². The fourth-order valence-electron chi connectivity index (χ4n) is 9.33. The van der Waals surface area contributed by atoms with Gasteiger partial charge in [0.15, 0.2) is 14.1 Å². The van der Waals surface area contributed by atoms with Gasteiger partial charge in [-0.05, 0) is 134 Å².